The molecule has 0 amide bonds. The van der Waals surface area contributed by atoms with E-state index in [1.54, 1.807) is 41.3 Å². The van der Waals surface area contributed by atoms with Crippen LogP contribution in [0.4, 0.5) is 11.4 Å². The molecular weight excluding hydrogens is 760 g/mol. The van der Waals surface area contributed by atoms with E-state index in [2.05, 4.69) is 4.58 Å². The third-order valence-electron chi connectivity index (χ3n) is 9.12. The Labute approximate surface area is 348 Å². The molecule has 0 radical (unpaired) electrons. The van der Waals surface area contributed by atoms with Gasteiger partial charge in [-0.3, -0.25) is 18.5 Å². The van der Waals surface area contributed by atoms with Crippen LogP contribution in [0.1, 0.15) is 64.5 Å². The maximum absolute atomic E-state index is 11.9. The molecule has 4 rings (SSSR count). The first-order valence-electron chi connectivity index (χ1n) is 16.1. The number of carboxylic acid groups (broad SMARTS) is 1. The van der Waals surface area contributed by atoms with Crippen LogP contribution in [-0.4, -0.2) is 79.1 Å². The number of carboxylic acids is 1. The summed E-state index contributed by atoms with van der Waals surface area (Å²) in [5.74, 6) is -1.42. The number of nitrogens with zero attached hydrogens (tertiary/aromatic N) is 2. The van der Waals surface area contributed by atoms with Gasteiger partial charge in [0.2, 0.25) is 5.69 Å². The van der Waals surface area contributed by atoms with Gasteiger partial charge >= 0.3 is 57.4 Å². The van der Waals surface area contributed by atoms with E-state index in [9.17, 15) is 43.7 Å². The van der Waals surface area contributed by atoms with Crippen molar-refractivity contribution in [2.75, 3.05) is 23.7 Å². The average Bonchev–Trinajstić information content (AvgIpc) is 3.35. The Morgan fingerprint density at radius 1 is 0.769 bits per heavy atom. The molecule has 2 heterocycles. The summed E-state index contributed by atoms with van der Waals surface area (Å²) in [6.45, 7) is 8.04. The number of rotatable bonds is 15. The van der Waals surface area contributed by atoms with Gasteiger partial charge in [0.15, 0.2) is 5.71 Å². The average molecular weight is 803 g/mol. The normalized spacial score (nSPS) is 17.8. The molecule has 0 aromatic heterocycles. The molecular formula is C35H43KN2O11S3+2. The van der Waals surface area contributed by atoms with Crippen molar-refractivity contribution < 1.29 is 105 Å². The van der Waals surface area contributed by atoms with Gasteiger partial charge in [-0.25, -0.2) is 0 Å². The van der Waals surface area contributed by atoms with E-state index in [1.165, 1.54) is 30.3 Å². The quantitative estimate of drug-likeness (QED) is 0.0674. The molecule has 0 fully saturated rings. The molecule has 276 valence electrons. The maximum Gasteiger partial charge on any atom is 1.00 e. The van der Waals surface area contributed by atoms with Crippen LogP contribution in [0.25, 0.3) is 0 Å². The van der Waals surface area contributed by atoms with Crippen LogP contribution in [0.5, 0.6) is 0 Å². The van der Waals surface area contributed by atoms with Crippen LogP contribution in [0.3, 0.4) is 0 Å². The van der Waals surface area contributed by atoms with Gasteiger partial charge in [-0.1, -0.05) is 44.2 Å². The first-order valence-corrected chi connectivity index (χ1v) is 20.6. The summed E-state index contributed by atoms with van der Waals surface area (Å²) in [6, 6.07) is 8.56. The number of unbranched alkanes of at least 4 members (excludes halogenated alkanes) is 2. The smallest absolute Gasteiger partial charge is 0.481 e. The number of aliphatic carboxylic acids is 1. The van der Waals surface area contributed by atoms with Gasteiger partial charge in [0.25, 0.3) is 30.4 Å². The molecule has 2 aromatic carbocycles. The standard InChI is InChI=1S/C35H42N2O11S3.K/c1-34(2)27-23-25(50(43,44)45)16-18-29(27)36(20-12-8-11-15-33(38)39)31(34)13-9-6-5-7-10-14-32-35(3,4)28-24-26(51(46,47)48)17-19-30(28)37(32)21-22-49(40,41)42;/h5-7,9-10,13-14,16-19,23-24H,8,11-12,15,20-22H2,1-4H3,(H3-,38,39,40,41,42,43,44,45,46,47,48);/q;+1/p+1. The first kappa shape index (κ1) is 44.1. The Hall–Kier alpha value is -2.29. The summed E-state index contributed by atoms with van der Waals surface area (Å²) >= 11 is 0. The van der Waals surface area contributed by atoms with Crippen molar-refractivity contribution in [2.24, 2.45) is 0 Å². The monoisotopic (exact) mass is 802 g/mol. The van der Waals surface area contributed by atoms with E-state index in [0.717, 1.165) is 17.0 Å². The van der Waals surface area contributed by atoms with Crippen molar-refractivity contribution in [3.63, 3.8) is 0 Å². The minimum atomic E-state index is -4.49. The predicted octanol–water partition coefficient (Wildman–Crippen LogP) is 2.44. The molecule has 0 bridgehead atoms. The van der Waals surface area contributed by atoms with Crippen LogP contribution in [-0.2, 0) is 46.0 Å². The van der Waals surface area contributed by atoms with E-state index in [1.807, 2.05) is 39.8 Å². The van der Waals surface area contributed by atoms with E-state index in [4.69, 9.17) is 5.11 Å². The first-order chi connectivity index (χ1) is 23.5. The minimum absolute atomic E-state index is 0. The van der Waals surface area contributed by atoms with E-state index in [0.29, 0.717) is 42.8 Å². The van der Waals surface area contributed by atoms with Gasteiger partial charge in [0.05, 0.1) is 21.0 Å². The zero-order valence-corrected chi connectivity index (χ0v) is 35.3. The molecule has 2 aromatic rings. The topological polar surface area (TPSA) is 207 Å². The molecule has 0 saturated heterocycles. The fraction of sp³-hybridized carbons (Fsp3) is 0.371. The molecule has 0 unspecified atom stereocenters. The maximum atomic E-state index is 11.9. The third-order valence-corrected chi connectivity index (χ3v) is 11.5. The van der Waals surface area contributed by atoms with Gasteiger partial charge in [0.1, 0.15) is 6.54 Å². The fourth-order valence-corrected chi connectivity index (χ4v) is 7.95. The number of carbonyl (C=O) groups is 1. The van der Waals surface area contributed by atoms with Gasteiger partial charge in [-0.2, -0.15) is 29.8 Å². The van der Waals surface area contributed by atoms with Gasteiger partial charge < -0.3 is 10.0 Å². The SMILES string of the molecule is CC1(C)C(/C=C/C=C/C=C/C=C2/N(CCS(=O)(=O)O)c3ccc(S(=O)(=O)O)cc3C2(C)C)=[N+](CCCCCC(=O)O)c2ccc(S(=O)(=O)O)cc21.[K+]. The number of hydrogen-bond acceptors (Lipinski definition) is 8. The Kier molecular flexibility index (Phi) is 14.4. The molecule has 0 atom stereocenters. The predicted molar refractivity (Wildman–Crippen MR) is 194 cm³/mol. The summed E-state index contributed by atoms with van der Waals surface area (Å²) < 4.78 is 101. The summed E-state index contributed by atoms with van der Waals surface area (Å²) in [6.07, 6.45) is 14.5. The van der Waals surface area contributed by atoms with Crippen LogP contribution >= 0.6 is 0 Å². The Bertz CT molecular complexity index is 2200. The molecule has 0 saturated carbocycles. The summed E-state index contributed by atoms with van der Waals surface area (Å²) in [5, 5.41) is 8.98. The van der Waals surface area contributed by atoms with Gasteiger partial charge in [0, 0.05) is 53.9 Å². The van der Waals surface area contributed by atoms with Crippen LogP contribution in [0, 0.1) is 0 Å². The number of fused-ring (bicyclic) bond motifs is 2. The molecule has 13 nitrogen and oxygen atoms in total. The van der Waals surface area contributed by atoms with E-state index in [-0.39, 0.29) is 74.1 Å². The van der Waals surface area contributed by atoms with Crippen LogP contribution in [0.15, 0.2) is 94.4 Å². The van der Waals surface area contributed by atoms with E-state index < -0.39 is 52.9 Å². The number of anilines is 1. The zero-order valence-electron chi connectivity index (χ0n) is 29.7. The number of benzene rings is 2. The third kappa shape index (κ3) is 10.5. The van der Waals surface area contributed by atoms with E-state index >= 15 is 0 Å². The van der Waals surface area contributed by atoms with Crippen molar-refractivity contribution in [1.82, 2.24) is 0 Å². The molecule has 2 aliphatic rings. The van der Waals surface area contributed by atoms with Crippen molar-refractivity contribution in [2.45, 2.75) is 74.0 Å². The molecule has 4 N–H and O–H groups in total. The van der Waals surface area contributed by atoms with Crippen molar-refractivity contribution >= 4 is 53.4 Å². The largest absolute Gasteiger partial charge is 1.00 e. The van der Waals surface area contributed by atoms with Gasteiger partial charge in [-0.15, -0.1) is 0 Å². The van der Waals surface area contributed by atoms with Crippen molar-refractivity contribution in [1.29, 1.82) is 0 Å². The second-order valence-corrected chi connectivity index (χ2v) is 17.8. The molecule has 52 heavy (non-hydrogen) atoms. The second kappa shape index (κ2) is 17.0. The second-order valence-electron chi connectivity index (χ2n) is 13.4. The Morgan fingerprint density at radius 3 is 1.94 bits per heavy atom. The Balaban J connectivity index is 0.00000729. The fourth-order valence-electron chi connectivity index (χ4n) is 6.53. The van der Waals surface area contributed by atoms with Gasteiger partial charge in [-0.05, 0) is 68.7 Å². The summed E-state index contributed by atoms with van der Waals surface area (Å²) in [7, 11) is -13.2. The minimum Gasteiger partial charge on any atom is -0.481 e. The molecule has 2 aliphatic heterocycles. The number of allylic oxidation sites excluding steroid dienone is 8. The van der Waals surface area contributed by atoms with Crippen LogP contribution < -0.4 is 56.3 Å². The van der Waals surface area contributed by atoms with Crippen molar-refractivity contribution in [3.05, 3.63) is 95.8 Å². The molecule has 0 spiro atoms. The molecule has 0 aliphatic carbocycles. The van der Waals surface area contributed by atoms with Crippen molar-refractivity contribution in [3.8, 4) is 0 Å². The summed E-state index contributed by atoms with van der Waals surface area (Å²) in [5.41, 5.74) is 2.70. The van der Waals surface area contributed by atoms with Crippen LogP contribution in [0.2, 0.25) is 0 Å². The summed E-state index contributed by atoms with van der Waals surface area (Å²) in [4.78, 5) is 12.1. The zero-order chi connectivity index (χ0) is 38.0. The Morgan fingerprint density at radius 2 is 1.35 bits per heavy atom. The number of hydrogen-bond donors (Lipinski definition) is 4. The molecule has 17 heteroatoms.